The molecule has 3 aromatic rings. The molecule has 2 fully saturated rings. The molecule has 0 radical (unpaired) electrons. The lowest BCUT2D eigenvalue weighted by Gasteiger charge is -2.27. The molecule has 1 unspecified atom stereocenters. The van der Waals surface area contributed by atoms with E-state index in [2.05, 4.69) is 39.8 Å². The molecule has 1 aromatic carbocycles. The first kappa shape index (κ1) is 24.3. The number of hydrogen-bond donors (Lipinski definition) is 3. The highest BCUT2D eigenvalue weighted by Crippen LogP contribution is 2.51. The molecule has 0 aliphatic heterocycles. The summed E-state index contributed by atoms with van der Waals surface area (Å²) < 4.78 is 1.66. The van der Waals surface area contributed by atoms with Crippen molar-refractivity contribution in [3.05, 3.63) is 53.6 Å². The SMILES string of the molecule is CCc1n[nH]c(CC)c1-c1ccc(NC(=O)C(NC(=O)c2ccnn2CC)C(C2CC2)C2CC2)cc1. The lowest BCUT2D eigenvalue weighted by molar-refractivity contribution is -0.119. The summed E-state index contributed by atoms with van der Waals surface area (Å²) >= 11 is 0. The van der Waals surface area contributed by atoms with Gasteiger partial charge in [0.15, 0.2) is 0 Å². The number of benzene rings is 1. The van der Waals surface area contributed by atoms with Crippen LogP contribution in [0.2, 0.25) is 0 Å². The average Bonchev–Trinajstić information content (AvgIpc) is 3.82. The summed E-state index contributed by atoms with van der Waals surface area (Å²) in [6, 6.07) is 9.09. The van der Waals surface area contributed by atoms with Gasteiger partial charge in [-0.2, -0.15) is 10.2 Å². The van der Waals surface area contributed by atoms with Crippen LogP contribution in [0.3, 0.4) is 0 Å². The maximum Gasteiger partial charge on any atom is 0.270 e. The van der Waals surface area contributed by atoms with Gasteiger partial charge < -0.3 is 10.6 Å². The molecule has 190 valence electrons. The highest BCUT2D eigenvalue weighted by Gasteiger charge is 2.48. The van der Waals surface area contributed by atoms with Gasteiger partial charge in [0.2, 0.25) is 5.91 Å². The van der Waals surface area contributed by atoms with E-state index < -0.39 is 6.04 Å². The Morgan fingerprint density at radius 1 is 1.03 bits per heavy atom. The summed E-state index contributed by atoms with van der Waals surface area (Å²) in [5.41, 5.74) is 5.62. The van der Waals surface area contributed by atoms with Gasteiger partial charge in [0, 0.05) is 29.7 Å². The van der Waals surface area contributed by atoms with Gasteiger partial charge >= 0.3 is 0 Å². The molecular formula is C28H36N6O2. The standard InChI is InChI=1S/C28H36N6O2/c1-4-21-25(22(5-2)33-32-21)19-11-13-20(14-12-19)30-28(36)26(24(17-7-8-17)18-9-10-18)31-27(35)23-15-16-29-34(23)6-3/h11-18,24,26H,4-10H2,1-3H3,(H,30,36)(H,31,35)(H,32,33). The number of aryl methyl sites for hydroxylation is 3. The Morgan fingerprint density at radius 3 is 2.31 bits per heavy atom. The van der Waals surface area contributed by atoms with E-state index in [1.807, 2.05) is 31.2 Å². The monoisotopic (exact) mass is 488 g/mol. The van der Waals surface area contributed by atoms with Crippen molar-refractivity contribution in [1.82, 2.24) is 25.3 Å². The zero-order chi connectivity index (χ0) is 25.2. The number of aromatic amines is 1. The molecule has 3 N–H and O–H groups in total. The second-order valence-electron chi connectivity index (χ2n) is 10.0. The van der Waals surface area contributed by atoms with Gasteiger partial charge in [0.1, 0.15) is 11.7 Å². The van der Waals surface area contributed by atoms with E-state index in [0.29, 0.717) is 24.1 Å². The second-order valence-corrected chi connectivity index (χ2v) is 10.0. The van der Waals surface area contributed by atoms with Gasteiger partial charge in [-0.1, -0.05) is 26.0 Å². The van der Waals surface area contributed by atoms with Crippen LogP contribution in [0.1, 0.15) is 68.3 Å². The molecule has 0 saturated heterocycles. The number of H-pyrrole nitrogens is 1. The quantitative estimate of drug-likeness (QED) is 0.367. The third-order valence-corrected chi connectivity index (χ3v) is 7.58. The Kier molecular flexibility index (Phi) is 6.94. The van der Waals surface area contributed by atoms with Gasteiger partial charge in [-0.05, 0) is 87.0 Å². The number of anilines is 1. The van der Waals surface area contributed by atoms with Crippen LogP contribution in [-0.4, -0.2) is 37.8 Å². The van der Waals surface area contributed by atoms with Crippen molar-refractivity contribution in [2.75, 3.05) is 5.32 Å². The fourth-order valence-electron chi connectivity index (χ4n) is 5.43. The van der Waals surface area contributed by atoms with Gasteiger partial charge in [-0.3, -0.25) is 19.4 Å². The minimum Gasteiger partial charge on any atom is -0.339 e. The average molecular weight is 489 g/mol. The molecular weight excluding hydrogens is 452 g/mol. The summed E-state index contributed by atoms with van der Waals surface area (Å²) in [7, 11) is 0. The van der Waals surface area contributed by atoms with E-state index in [4.69, 9.17) is 0 Å². The molecule has 2 aliphatic rings. The van der Waals surface area contributed by atoms with Gasteiger partial charge in [0.05, 0.1) is 5.69 Å². The topological polar surface area (TPSA) is 105 Å². The third-order valence-electron chi connectivity index (χ3n) is 7.58. The second kappa shape index (κ2) is 10.3. The lowest BCUT2D eigenvalue weighted by Crippen LogP contribution is -2.50. The maximum absolute atomic E-state index is 13.6. The number of hydrogen-bond acceptors (Lipinski definition) is 4. The van der Waals surface area contributed by atoms with Crippen LogP contribution in [0.5, 0.6) is 0 Å². The van der Waals surface area contributed by atoms with Crippen molar-refractivity contribution in [3.8, 4) is 11.1 Å². The van der Waals surface area contributed by atoms with Crippen molar-refractivity contribution < 1.29 is 9.59 Å². The number of nitrogens with zero attached hydrogens (tertiary/aromatic N) is 3. The van der Waals surface area contributed by atoms with E-state index in [9.17, 15) is 9.59 Å². The Labute approximate surface area is 212 Å². The third kappa shape index (κ3) is 4.94. The smallest absolute Gasteiger partial charge is 0.270 e. The summed E-state index contributed by atoms with van der Waals surface area (Å²) in [4.78, 5) is 26.8. The number of aromatic nitrogens is 4. The van der Waals surface area contributed by atoms with Gasteiger partial charge in [0.25, 0.3) is 5.91 Å². The molecule has 2 amide bonds. The first-order chi connectivity index (χ1) is 17.5. The fraction of sp³-hybridized carbons (Fsp3) is 0.500. The zero-order valence-corrected chi connectivity index (χ0v) is 21.4. The number of nitrogens with one attached hydrogen (secondary N) is 3. The van der Waals surface area contributed by atoms with Crippen LogP contribution >= 0.6 is 0 Å². The summed E-state index contributed by atoms with van der Waals surface area (Å²) in [6.07, 6.45) is 7.88. The predicted octanol–water partition coefficient (Wildman–Crippen LogP) is 4.59. The molecule has 8 heteroatoms. The summed E-state index contributed by atoms with van der Waals surface area (Å²) in [5.74, 6) is 0.807. The Hall–Kier alpha value is -3.42. The predicted molar refractivity (Wildman–Crippen MR) is 140 cm³/mol. The van der Waals surface area contributed by atoms with Crippen molar-refractivity contribution in [3.63, 3.8) is 0 Å². The lowest BCUT2D eigenvalue weighted by atomic mass is 9.88. The van der Waals surface area contributed by atoms with Crippen molar-refractivity contribution in [2.24, 2.45) is 17.8 Å². The number of rotatable bonds is 11. The maximum atomic E-state index is 13.6. The molecule has 36 heavy (non-hydrogen) atoms. The molecule has 5 rings (SSSR count). The van der Waals surface area contributed by atoms with E-state index in [-0.39, 0.29) is 17.7 Å². The van der Waals surface area contributed by atoms with Crippen LogP contribution in [0, 0.1) is 17.8 Å². The number of carbonyl (C=O) groups is 2. The number of amides is 2. The normalized spacial score (nSPS) is 16.2. The van der Waals surface area contributed by atoms with Crippen molar-refractivity contribution in [1.29, 1.82) is 0 Å². The van der Waals surface area contributed by atoms with Crippen LogP contribution in [-0.2, 0) is 24.2 Å². The van der Waals surface area contributed by atoms with Crippen molar-refractivity contribution >= 4 is 17.5 Å². The highest BCUT2D eigenvalue weighted by atomic mass is 16.2. The molecule has 2 aliphatic carbocycles. The van der Waals surface area contributed by atoms with Crippen molar-refractivity contribution in [2.45, 2.75) is 71.9 Å². The van der Waals surface area contributed by atoms with E-state index in [1.165, 1.54) is 0 Å². The first-order valence-electron chi connectivity index (χ1n) is 13.3. The highest BCUT2D eigenvalue weighted by molar-refractivity contribution is 6.01. The van der Waals surface area contributed by atoms with Crippen LogP contribution in [0.15, 0.2) is 36.5 Å². The molecule has 0 bridgehead atoms. The fourth-order valence-corrected chi connectivity index (χ4v) is 5.43. The zero-order valence-electron chi connectivity index (χ0n) is 21.4. The van der Waals surface area contributed by atoms with Crippen LogP contribution in [0.25, 0.3) is 11.1 Å². The van der Waals surface area contributed by atoms with Crippen LogP contribution in [0.4, 0.5) is 5.69 Å². The number of carbonyl (C=O) groups excluding carboxylic acids is 2. The van der Waals surface area contributed by atoms with Crippen LogP contribution < -0.4 is 10.6 Å². The van der Waals surface area contributed by atoms with E-state index >= 15 is 0 Å². The molecule has 2 heterocycles. The minimum atomic E-state index is -0.565. The molecule has 2 aromatic heterocycles. The Bertz CT molecular complexity index is 1190. The molecule has 1 atom stereocenters. The summed E-state index contributed by atoms with van der Waals surface area (Å²) in [5, 5.41) is 18.0. The largest absolute Gasteiger partial charge is 0.339 e. The van der Waals surface area contributed by atoms with Gasteiger partial charge in [-0.15, -0.1) is 0 Å². The minimum absolute atomic E-state index is 0.144. The van der Waals surface area contributed by atoms with E-state index in [0.717, 1.165) is 66.7 Å². The molecule has 8 nitrogen and oxygen atoms in total. The molecule has 0 spiro atoms. The van der Waals surface area contributed by atoms with E-state index in [1.54, 1.807) is 16.9 Å². The Morgan fingerprint density at radius 2 is 1.72 bits per heavy atom. The molecule has 2 saturated carbocycles. The van der Waals surface area contributed by atoms with Gasteiger partial charge in [-0.25, -0.2) is 0 Å². The first-order valence-corrected chi connectivity index (χ1v) is 13.3. The summed E-state index contributed by atoms with van der Waals surface area (Å²) in [6.45, 7) is 6.77. The Balaban J connectivity index is 1.36.